The van der Waals surface area contributed by atoms with Gasteiger partial charge in [0.15, 0.2) is 0 Å². The summed E-state index contributed by atoms with van der Waals surface area (Å²) in [6.45, 7) is 1.91. The minimum Gasteiger partial charge on any atom is -0.395 e. The van der Waals surface area contributed by atoms with Gasteiger partial charge in [-0.05, 0) is 35.0 Å². The van der Waals surface area contributed by atoms with E-state index in [-0.39, 0.29) is 25.3 Å². The smallest absolute Gasteiger partial charge is 0.0701 e. The molecule has 1 heterocycles. The number of rotatable bonds is 5. The highest BCUT2D eigenvalue weighted by Gasteiger charge is 2.12. The lowest BCUT2D eigenvalue weighted by Crippen LogP contribution is -2.37. The second-order valence-corrected chi connectivity index (χ2v) is 5.59. The molecule has 1 rings (SSSR count). The van der Waals surface area contributed by atoms with Crippen LogP contribution >= 0.6 is 27.3 Å². The summed E-state index contributed by atoms with van der Waals surface area (Å²) in [5, 5.41) is 20.9. The van der Waals surface area contributed by atoms with Crippen molar-refractivity contribution >= 4 is 27.3 Å². The van der Waals surface area contributed by atoms with Crippen LogP contribution in [0, 0.1) is 0 Å². The Balaban J connectivity index is 2.53. The van der Waals surface area contributed by atoms with Crippen LogP contribution in [0.3, 0.4) is 0 Å². The molecule has 0 saturated carbocycles. The first-order valence-corrected chi connectivity index (χ1v) is 6.01. The van der Waals surface area contributed by atoms with Crippen molar-refractivity contribution in [1.82, 2.24) is 5.32 Å². The predicted molar refractivity (Wildman–Crippen MR) is 61.5 cm³/mol. The van der Waals surface area contributed by atoms with Gasteiger partial charge in [-0.1, -0.05) is 0 Å². The van der Waals surface area contributed by atoms with E-state index in [1.807, 2.05) is 19.1 Å². The van der Waals surface area contributed by atoms with Crippen molar-refractivity contribution in [3.05, 3.63) is 20.8 Å². The van der Waals surface area contributed by atoms with Crippen LogP contribution in [0.2, 0.25) is 0 Å². The zero-order valence-electron chi connectivity index (χ0n) is 7.90. The van der Waals surface area contributed by atoms with Gasteiger partial charge in [-0.2, -0.15) is 0 Å². The molecule has 0 amide bonds. The Hall–Kier alpha value is 0.0600. The summed E-state index contributed by atoms with van der Waals surface area (Å²) in [6, 6.07) is 3.92. The first kappa shape index (κ1) is 12.1. The van der Waals surface area contributed by atoms with Crippen molar-refractivity contribution in [3.8, 4) is 0 Å². The molecule has 80 valence electrons. The van der Waals surface area contributed by atoms with Crippen LogP contribution in [0.25, 0.3) is 0 Å². The van der Waals surface area contributed by atoms with E-state index in [1.165, 1.54) is 4.88 Å². The maximum atomic E-state index is 8.90. The fraction of sp³-hybridized carbons (Fsp3) is 0.556. The van der Waals surface area contributed by atoms with E-state index in [2.05, 4.69) is 21.2 Å². The lowest BCUT2D eigenvalue weighted by atomic mass is 10.2. The molecule has 0 fully saturated rings. The Morgan fingerprint density at radius 3 is 2.50 bits per heavy atom. The highest BCUT2D eigenvalue weighted by molar-refractivity contribution is 9.11. The second kappa shape index (κ2) is 5.82. The van der Waals surface area contributed by atoms with Crippen LogP contribution < -0.4 is 5.32 Å². The molecule has 0 spiro atoms. The molecule has 5 heteroatoms. The molecule has 0 bridgehead atoms. The quantitative estimate of drug-likeness (QED) is 0.766. The van der Waals surface area contributed by atoms with Gasteiger partial charge in [0.05, 0.1) is 23.0 Å². The highest BCUT2D eigenvalue weighted by Crippen LogP contribution is 2.27. The maximum Gasteiger partial charge on any atom is 0.0701 e. The molecule has 3 N–H and O–H groups in total. The summed E-state index contributed by atoms with van der Waals surface area (Å²) in [7, 11) is 0. The van der Waals surface area contributed by atoms with Gasteiger partial charge in [0, 0.05) is 10.9 Å². The average molecular weight is 280 g/mol. The van der Waals surface area contributed by atoms with Crippen molar-refractivity contribution in [3.63, 3.8) is 0 Å². The van der Waals surface area contributed by atoms with E-state index in [0.29, 0.717) is 0 Å². The van der Waals surface area contributed by atoms with Gasteiger partial charge in [0.1, 0.15) is 0 Å². The second-order valence-electron chi connectivity index (χ2n) is 3.09. The SMILES string of the molecule is C[C@@H](NC(CO)CO)c1ccc(Br)s1. The lowest BCUT2D eigenvalue weighted by molar-refractivity contribution is 0.164. The third-order valence-electron chi connectivity index (χ3n) is 1.95. The summed E-state index contributed by atoms with van der Waals surface area (Å²) in [6.07, 6.45) is 0. The number of nitrogens with one attached hydrogen (secondary N) is 1. The summed E-state index contributed by atoms with van der Waals surface area (Å²) in [5.74, 6) is 0. The van der Waals surface area contributed by atoms with E-state index in [1.54, 1.807) is 11.3 Å². The van der Waals surface area contributed by atoms with Crippen LogP contribution in [0.15, 0.2) is 15.9 Å². The summed E-state index contributed by atoms with van der Waals surface area (Å²) < 4.78 is 1.09. The third-order valence-corrected chi connectivity index (χ3v) is 3.75. The molecule has 1 aromatic rings. The van der Waals surface area contributed by atoms with Gasteiger partial charge in [-0.15, -0.1) is 11.3 Å². The van der Waals surface area contributed by atoms with Gasteiger partial charge in [-0.3, -0.25) is 0 Å². The minimum absolute atomic E-state index is 0.0482. The zero-order chi connectivity index (χ0) is 10.6. The molecular weight excluding hydrogens is 266 g/mol. The Bertz CT molecular complexity index is 276. The average Bonchev–Trinajstić information content (AvgIpc) is 2.61. The lowest BCUT2D eigenvalue weighted by Gasteiger charge is -2.18. The van der Waals surface area contributed by atoms with E-state index in [4.69, 9.17) is 10.2 Å². The molecule has 0 unspecified atom stereocenters. The fourth-order valence-corrected chi connectivity index (χ4v) is 2.59. The Labute approximate surface area is 95.9 Å². The summed E-state index contributed by atoms with van der Waals surface area (Å²) in [5.41, 5.74) is 0. The first-order valence-electron chi connectivity index (χ1n) is 4.40. The van der Waals surface area contributed by atoms with Crippen molar-refractivity contribution in [1.29, 1.82) is 0 Å². The number of aliphatic hydroxyl groups is 2. The molecule has 0 saturated heterocycles. The molecule has 0 aliphatic carbocycles. The van der Waals surface area contributed by atoms with Crippen LogP contribution in [-0.2, 0) is 0 Å². The summed E-state index contributed by atoms with van der Waals surface area (Å²) >= 11 is 5.04. The van der Waals surface area contributed by atoms with Gasteiger partial charge >= 0.3 is 0 Å². The van der Waals surface area contributed by atoms with Gasteiger partial charge < -0.3 is 15.5 Å². The predicted octanol–water partition coefficient (Wildman–Crippen LogP) is 1.51. The van der Waals surface area contributed by atoms with Crippen LogP contribution in [0.5, 0.6) is 0 Å². The van der Waals surface area contributed by atoms with E-state index >= 15 is 0 Å². The third kappa shape index (κ3) is 3.33. The van der Waals surface area contributed by atoms with Crippen molar-refractivity contribution < 1.29 is 10.2 Å². The molecular formula is C9H14BrNO2S. The summed E-state index contributed by atoms with van der Waals surface area (Å²) in [4.78, 5) is 1.18. The molecule has 3 nitrogen and oxygen atoms in total. The topological polar surface area (TPSA) is 52.5 Å². The monoisotopic (exact) mass is 279 g/mol. The molecule has 1 atom stereocenters. The molecule has 1 aromatic heterocycles. The first-order chi connectivity index (χ1) is 6.67. The number of aliphatic hydroxyl groups excluding tert-OH is 2. The molecule has 0 radical (unpaired) electrons. The van der Waals surface area contributed by atoms with Crippen LogP contribution in [-0.4, -0.2) is 29.5 Å². The Morgan fingerprint density at radius 2 is 2.07 bits per heavy atom. The Kier molecular flexibility index (Phi) is 5.05. The van der Waals surface area contributed by atoms with Gasteiger partial charge in [0.25, 0.3) is 0 Å². The molecule has 0 aliphatic heterocycles. The number of thiophene rings is 1. The van der Waals surface area contributed by atoms with E-state index in [0.717, 1.165) is 3.79 Å². The molecule has 14 heavy (non-hydrogen) atoms. The fourth-order valence-electron chi connectivity index (χ4n) is 1.16. The Morgan fingerprint density at radius 1 is 1.43 bits per heavy atom. The zero-order valence-corrected chi connectivity index (χ0v) is 10.3. The van der Waals surface area contributed by atoms with Crippen LogP contribution in [0.4, 0.5) is 0 Å². The normalized spacial score (nSPS) is 13.5. The van der Waals surface area contributed by atoms with E-state index < -0.39 is 0 Å². The van der Waals surface area contributed by atoms with Gasteiger partial charge in [0.2, 0.25) is 0 Å². The standard InChI is InChI=1S/C9H14BrNO2S/c1-6(11-7(4-12)5-13)8-2-3-9(10)14-8/h2-3,6-7,11-13H,4-5H2,1H3/t6-/m1/s1. The maximum absolute atomic E-state index is 8.90. The highest BCUT2D eigenvalue weighted by atomic mass is 79.9. The van der Waals surface area contributed by atoms with Crippen LogP contribution in [0.1, 0.15) is 17.8 Å². The van der Waals surface area contributed by atoms with E-state index in [9.17, 15) is 0 Å². The molecule has 0 aliphatic rings. The van der Waals surface area contributed by atoms with Crippen molar-refractivity contribution in [2.24, 2.45) is 0 Å². The largest absolute Gasteiger partial charge is 0.395 e. The minimum atomic E-state index is -0.245. The van der Waals surface area contributed by atoms with Crippen molar-refractivity contribution in [2.45, 2.75) is 19.0 Å². The number of halogens is 1. The number of hydrogen-bond acceptors (Lipinski definition) is 4. The van der Waals surface area contributed by atoms with Gasteiger partial charge in [-0.25, -0.2) is 0 Å². The molecule has 0 aromatic carbocycles. The number of hydrogen-bond donors (Lipinski definition) is 3. The van der Waals surface area contributed by atoms with Crippen molar-refractivity contribution in [2.75, 3.05) is 13.2 Å².